The standard InChI is InChI=1S/C16H24N4O3S/c1-2-19-6-8-20(9-7-19)16(21)13-3-4-15(17-11-13)18-14-5-10-24(22,23)12-14/h3-4,11,14H,2,5-10,12H2,1H3,(H,17,18). The topological polar surface area (TPSA) is 82.6 Å². The van der Waals surface area contributed by atoms with Crippen LogP contribution in [0.15, 0.2) is 18.3 Å². The van der Waals surface area contributed by atoms with Crippen molar-refractivity contribution in [2.45, 2.75) is 19.4 Å². The zero-order valence-electron chi connectivity index (χ0n) is 13.9. The number of nitrogens with zero attached hydrogens (tertiary/aromatic N) is 3. The highest BCUT2D eigenvalue weighted by Crippen LogP contribution is 2.17. The summed E-state index contributed by atoms with van der Waals surface area (Å²) in [5.41, 5.74) is 0.574. The molecule has 0 bridgehead atoms. The maximum absolute atomic E-state index is 12.5. The molecule has 24 heavy (non-hydrogen) atoms. The molecule has 7 nitrogen and oxygen atoms in total. The van der Waals surface area contributed by atoms with Crippen molar-refractivity contribution in [2.24, 2.45) is 0 Å². The molecule has 0 aromatic carbocycles. The molecule has 2 fully saturated rings. The van der Waals surface area contributed by atoms with Gasteiger partial charge in [-0.05, 0) is 25.1 Å². The van der Waals surface area contributed by atoms with Crippen LogP contribution in [0.2, 0.25) is 0 Å². The van der Waals surface area contributed by atoms with Gasteiger partial charge in [0.05, 0.1) is 17.1 Å². The lowest BCUT2D eigenvalue weighted by molar-refractivity contribution is 0.0643. The van der Waals surface area contributed by atoms with Gasteiger partial charge < -0.3 is 15.1 Å². The van der Waals surface area contributed by atoms with E-state index in [4.69, 9.17) is 0 Å². The van der Waals surface area contributed by atoms with Crippen molar-refractivity contribution < 1.29 is 13.2 Å². The third-order valence-electron chi connectivity index (χ3n) is 4.70. The lowest BCUT2D eigenvalue weighted by Gasteiger charge is -2.34. The number of anilines is 1. The molecule has 0 aliphatic carbocycles. The molecule has 3 rings (SSSR count). The average molecular weight is 352 g/mol. The summed E-state index contributed by atoms with van der Waals surface area (Å²) in [7, 11) is -2.91. The number of sulfone groups is 1. The Bertz CT molecular complexity index is 682. The number of likely N-dealkylation sites (N-methyl/N-ethyl adjacent to an activating group) is 1. The Hall–Kier alpha value is -1.67. The second kappa shape index (κ2) is 7.06. The molecule has 0 spiro atoms. The van der Waals surface area contributed by atoms with Gasteiger partial charge in [0.1, 0.15) is 5.82 Å². The van der Waals surface area contributed by atoms with Crippen molar-refractivity contribution in [2.75, 3.05) is 49.5 Å². The minimum absolute atomic E-state index is 0.00764. The van der Waals surface area contributed by atoms with E-state index in [9.17, 15) is 13.2 Å². The molecule has 2 aliphatic rings. The molecule has 0 radical (unpaired) electrons. The van der Waals surface area contributed by atoms with E-state index in [0.717, 1.165) is 32.7 Å². The van der Waals surface area contributed by atoms with E-state index >= 15 is 0 Å². The summed E-state index contributed by atoms with van der Waals surface area (Å²) in [4.78, 5) is 21.0. The van der Waals surface area contributed by atoms with Crippen LogP contribution in [0.5, 0.6) is 0 Å². The molecule has 1 aromatic heterocycles. The Morgan fingerprint density at radius 3 is 2.58 bits per heavy atom. The highest BCUT2D eigenvalue weighted by molar-refractivity contribution is 7.91. The van der Waals surface area contributed by atoms with E-state index in [1.807, 2.05) is 4.90 Å². The molecule has 1 aromatic rings. The Balaban J connectivity index is 1.57. The number of carbonyl (C=O) groups excluding carboxylic acids is 1. The highest BCUT2D eigenvalue weighted by atomic mass is 32.2. The molecule has 1 amide bonds. The number of rotatable bonds is 4. The van der Waals surface area contributed by atoms with Gasteiger partial charge in [-0.3, -0.25) is 4.79 Å². The van der Waals surface area contributed by atoms with Gasteiger partial charge in [-0.1, -0.05) is 6.92 Å². The van der Waals surface area contributed by atoms with Crippen LogP contribution < -0.4 is 5.32 Å². The maximum Gasteiger partial charge on any atom is 0.255 e. The van der Waals surface area contributed by atoms with Crippen molar-refractivity contribution in [3.05, 3.63) is 23.9 Å². The van der Waals surface area contributed by atoms with Gasteiger partial charge in [0.2, 0.25) is 0 Å². The molecule has 1 N–H and O–H groups in total. The van der Waals surface area contributed by atoms with Gasteiger partial charge in [-0.2, -0.15) is 0 Å². The van der Waals surface area contributed by atoms with E-state index in [1.54, 1.807) is 18.3 Å². The largest absolute Gasteiger partial charge is 0.366 e. The first-order valence-corrected chi connectivity index (χ1v) is 10.2. The van der Waals surface area contributed by atoms with Crippen LogP contribution in [0.25, 0.3) is 0 Å². The van der Waals surface area contributed by atoms with E-state index < -0.39 is 9.84 Å². The van der Waals surface area contributed by atoms with Crippen molar-refractivity contribution in [1.82, 2.24) is 14.8 Å². The number of hydrogen-bond donors (Lipinski definition) is 1. The normalized spacial score (nSPS) is 24.0. The molecule has 2 aliphatic heterocycles. The zero-order chi connectivity index (χ0) is 17.2. The minimum atomic E-state index is -2.91. The summed E-state index contributed by atoms with van der Waals surface area (Å²) in [5.74, 6) is 1.000. The molecule has 132 valence electrons. The monoisotopic (exact) mass is 352 g/mol. The molecular formula is C16H24N4O3S. The first-order valence-electron chi connectivity index (χ1n) is 8.41. The predicted octanol–water partition coefficient (Wildman–Crippen LogP) is 0.458. The number of nitrogens with one attached hydrogen (secondary N) is 1. The maximum atomic E-state index is 12.5. The summed E-state index contributed by atoms with van der Waals surface area (Å²) >= 11 is 0. The lowest BCUT2D eigenvalue weighted by Crippen LogP contribution is -2.48. The third kappa shape index (κ3) is 4.05. The van der Waals surface area contributed by atoms with E-state index in [1.165, 1.54) is 0 Å². The SMILES string of the molecule is CCN1CCN(C(=O)c2ccc(NC3CCS(=O)(=O)C3)nc2)CC1. The Morgan fingerprint density at radius 2 is 2.04 bits per heavy atom. The molecular weight excluding hydrogens is 328 g/mol. The molecule has 3 heterocycles. The Labute approximate surface area is 143 Å². The average Bonchev–Trinajstić information content (AvgIpc) is 2.93. The van der Waals surface area contributed by atoms with Crippen LogP contribution in [0, 0.1) is 0 Å². The second-order valence-corrected chi connectivity index (χ2v) is 8.63. The summed E-state index contributed by atoms with van der Waals surface area (Å²) in [6, 6.07) is 3.42. The number of piperazine rings is 1. The Morgan fingerprint density at radius 1 is 1.29 bits per heavy atom. The molecule has 2 saturated heterocycles. The first-order chi connectivity index (χ1) is 11.5. The van der Waals surface area contributed by atoms with Crippen molar-refractivity contribution in [3.8, 4) is 0 Å². The molecule has 8 heteroatoms. The fourth-order valence-corrected chi connectivity index (χ4v) is 4.85. The third-order valence-corrected chi connectivity index (χ3v) is 6.47. The number of pyridine rings is 1. The summed E-state index contributed by atoms with van der Waals surface area (Å²) in [5, 5.41) is 3.13. The summed E-state index contributed by atoms with van der Waals surface area (Å²) in [6.07, 6.45) is 2.17. The van der Waals surface area contributed by atoms with Crippen molar-refractivity contribution >= 4 is 21.6 Å². The van der Waals surface area contributed by atoms with Gasteiger partial charge in [-0.15, -0.1) is 0 Å². The fraction of sp³-hybridized carbons (Fsp3) is 0.625. The molecule has 0 saturated carbocycles. The van der Waals surface area contributed by atoms with Crippen LogP contribution in [-0.4, -0.2) is 79.4 Å². The lowest BCUT2D eigenvalue weighted by atomic mass is 10.2. The number of aromatic nitrogens is 1. The van der Waals surface area contributed by atoms with Gasteiger partial charge >= 0.3 is 0 Å². The van der Waals surface area contributed by atoms with Gasteiger partial charge in [0, 0.05) is 38.4 Å². The second-order valence-electron chi connectivity index (χ2n) is 6.40. The molecule has 1 unspecified atom stereocenters. The highest BCUT2D eigenvalue weighted by Gasteiger charge is 2.28. The van der Waals surface area contributed by atoms with E-state index in [2.05, 4.69) is 22.1 Å². The van der Waals surface area contributed by atoms with Gasteiger partial charge in [-0.25, -0.2) is 13.4 Å². The first kappa shape index (κ1) is 17.2. The number of carbonyl (C=O) groups is 1. The quantitative estimate of drug-likeness (QED) is 0.848. The number of amides is 1. The van der Waals surface area contributed by atoms with Gasteiger partial charge in [0.25, 0.3) is 5.91 Å². The predicted molar refractivity (Wildman–Crippen MR) is 92.9 cm³/mol. The molecule has 1 atom stereocenters. The van der Waals surface area contributed by atoms with Gasteiger partial charge in [0.15, 0.2) is 9.84 Å². The summed E-state index contributed by atoms with van der Waals surface area (Å²) in [6.45, 7) is 6.44. The van der Waals surface area contributed by atoms with E-state index in [0.29, 0.717) is 17.8 Å². The summed E-state index contributed by atoms with van der Waals surface area (Å²) < 4.78 is 23.0. The van der Waals surface area contributed by atoms with Crippen LogP contribution in [-0.2, 0) is 9.84 Å². The minimum Gasteiger partial charge on any atom is -0.366 e. The zero-order valence-corrected chi connectivity index (χ0v) is 14.8. The number of hydrogen-bond acceptors (Lipinski definition) is 6. The Kier molecular flexibility index (Phi) is 5.05. The van der Waals surface area contributed by atoms with Crippen LogP contribution in [0.4, 0.5) is 5.82 Å². The van der Waals surface area contributed by atoms with Crippen LogP contribution in [0.3, 0.4) is 0 Å². The van der Waals surface area contributed by atoms with Crippen LogP contribution in [0.1, 0.15) is 23.7 Å². The van der Waals surface area contributed by atoms with Crippen molar-refractivity contribution in [3.63, 3.8) is 0 Å². The van der Waals surface area contributed by atoms with E-state index in [-0.39, 0.29) is 23.5 Å². The fourth-order valence-electron chi connectivity index (χ4n) is 3.17. The van der Waals surface area contributed by atoms with Crippen molar-refractivity contribution in [1.29, 1.82) is 0 Å². The smallest absolute Gasteiger partial charge is 0.255 e. The van der Waals surface area contributed by atoms with Crippen LogP contribution >= 0.6 is 0 Å².